The Labute approximate surface area is 176 Å². The normalized spacial score (nSPS) is 11.2. The lowest BCUT2D eigenvalue weighted by Crippen LogP contribution is -2.24. The maximum atomic E-state index is 14.7. The maximum Gasteiger partial charge on any atom is 0.335 e. The van der Waals surface area contributed by atoms with Gasteiger partial charge in [0.05, 0.1) is 12.1 Å². The van der Waals surface area contributed by atoms with Crippen LogP contribution in [0.4, 0.5) is 13.3 Å². The Hall–Kier alpha value is -3.68. The van der Waals surface area contributed by atoms with Gasteiger partial charge in [-0.3, -0.25) is 9.78 Å². The van der Waals surface area contributed by atoms with E-state index in [0.29, 0.717) is 11.1 Å². The van der Waals surface area contributed by atoms with Crippen molar-refractivity contribution in [3.8, 4) is 0 Å². The number of alkyl halides is 2. The number of aromatic carboxylic acids is 1. The van der Waals surface area contributed by atoms with Gasteiger partial charge in [-0.05, 0) is 41.8 Å². The van der Waals surface area contributed by atoms with Crippen LogP contribution in [0, 0.1) is 0 Å². The van der Waals surface area contributed by atoms with Crippen molar-refractivity contribution in [2.45, 2.75) is 25.3 Å². The Morgan fingerprint density at radius 2 is 1.65 bits per heavy atom. The molecule has 0 aliphatic heterocycles. The number of hydrogen-bond donors (Lipinski definition) is 1. The molecule has 0 unspecified atom stereocenters. The number of nitrogens with zero attached hydrogens (tertiary/aromatic N) is 2. The highest BCUT2D eigenvalue weighted by atomic mass is 19.3. The summed E-state index contributed by atoms with van der Waals surface area (Å²) in [6.07, 6.45) is 0.469. The number of rotatable bonds is 8. The van der Waals surface area contributed by atoms with E-state index >= 15 is 0 Å². The van der Waals surface area contributed by atoms with Gasteiger partial charge in [0, 0.05) is 18.2 Å². The van der Waals surface area contributed by atoms with Crippen molar-refractivity contribution in [2.75, 3.05) is 0 Å². The maximum absolute atomic E-state index is 14.7. The lowest BCUT2D eigenvalue weighted by atomic mass is 9.99. The molecular weight excluding hydrogens is 409 g/mol. The van der Waals surface area contributed by atoms with Gasteiger partial charge in [0.2, 0.25) is 0 Å². The lowest BCUT2D eigenvalue weighted by molar-refractivity contribution is -0.0133. The molecular formula is C23H19F3N2O3. The lowest BCUT2D eigenvalue weighted by Gasteiger charge is -2.18. The standard InChI is InChI=1S/C23H19F3N2O3/c24-23(25,12-10-16-6-8-18(9-7-16)22(30)31)19-11-13-27-20(14-19)21(29)28(26)15-17-4-2-1-3-5-17/h1-9,11,13-14H,10,12,15H2,(H,30,31). The second-order valence-corrected chi connectivity index (χ2v) is 6.95. The third-order valence-electron chi connectivity index (χ3n) is 4.71. The smallest absolute Gasteiger partial charge is 0.335 e. The fraction of sp³-hybridized carbons (Fsp3) is 0.174. The fourth-order valence-electron chi connectivity index (χ4n) is 2.97. The highest BCUT2D eigenvalue weighted by Gasteiger charge is 2.32. The molecule has 3 aromatic rings. The molecule has 0 fully saturated rings. The van der Waals surface area contributed by atoms with Crippen LogP contribution in [0.3, 0.4) is 0 Å². The monoisotopic (exact) mass is 428 g/mol. The van der Waals surface area contributed by atoms with Crippen LogP contribution in [0.2, 0.25) is 0 Å². The average molecular weight is 428 g/mol. The Kier molecular flexibility index (Phi) is 6.69. The van der Waals surface area contributed by atoms with Crippen molar-refractivity contribution in [3.05, 3.63) is 101 Å². The molecule has 8 heteroatoms. The molecule has 1 N–H and O–H groups in total. The van der Waals surface area contributed by atoms with Crippen molar-refractivity contribution < 1.29 is 28.0 Å². The van der Waals surface area contributed by atoms with Crippen molar-refractivity contribution in [1.82, 2.24) is 10.1 Å². The van der Waals surface area contributed by atoms with Crippen LogP contribution in [-0.4, -0.2) is 27.1 Å². The topological polar surface area (TPSA) is 70.5 Å². The minimum Gasteiger partial charge on any atom is -0.478 e. The second-order valence-electron chi connectivity index (χ2n) is 6.95. The summed E-state index contributed by atoms with van der Waals surface area (Å²) < 4.78 is 43.7. The molecule has 3 rings (SSSR count). The van der Waals surface area contributed by atoms with E-state index in [0.717, 1.165) is 18.3 Å². The average Bonchev–Trinajstić information content (AvgIpc) is 2.78. The summed E-state index contributed by atoms with van der Waals surface area (Å²) >= 11 is 0. The molecule has 1 heterocycles. The zero-order chi connectivity index (χ0) is 22.4. The van der Waals surface area contributed by atoms with Gasteiger partial charge in [-0.15, -0.1) is 0 Å². The summed E-state index contributed by atoms with van der Waals surface area (Å²) in [4.78, 5) is 26.9. The first-order valence-electron chi connectivity index (χ1n) is 9.44. The summed E-state index contributed by atoms with van der Waals surface area (Å²) in [6.45, 7) is -0.325. The highest BCUT2D eigenvalue weighted by Crippen LogP contribution is 2.33. The SMILES string of the molecule is O=C(O)c1ccc(CCC(F)(F)c2ccnc(C(=O)N(F)Cc3ccccc3)c2)cc1. The van der Waals surface area contributed by atoms with E-state index in [9.17, 15) is 22.9 Å². The Balaban J connectivity index is 1.68. The first kappa shape index (κ1) is 22.0. The van der Waals surface area contributed by atoms with Crippen LogP contribution in [-0.2, 0) is 18.9 Å². The molecule has 0 spiro atoms. The number of pyridine rings is 1. The number of carbonyl (C=O) groups excluding carboxylic acids is 1. The van der Waals surface area contributed by atoms with Crippen molar-refractivity contribution in [1.29, 1.82) is 0 Å². The number of aryl methyl sites for hydroxylation is 1. The fourth-order valence-corrected chi connectivity index (χ4v) is 2.97. The molecule has 5 nitrogen and oxygen atoms in total. The Bertz CT molecular complexity index is 1060. The summed E-state index contributed by atoms with van der Waals surface area (Å²) in [6, 6.07) is 16.1. The van der Waals surface area contributed by atoms with Crippen LogP contribution < -0.4 is 0 Å². The van der Waals surface area contributed by atoms with Gasteiger partial charge < -0.3 is 5.11 Å². The number of carboxylic acids is 1. The summed E-state index contributed by atoms with van der Waals surface area (Å²) in [5.74, 6) is -5.49. The molecule has 2 aromatic carbocycles. The minimum absolute atomic E-state index is 0.0122. The molecule has 160 valence electrons. The van der Waals surface area contributed by atoms with Crippen molar-refractivity contribution in [2.24, 2.45) is 0 Å². The van der Waals surface area contributed by atoms with E-state index in [1.165, 1.54) is 24.3 Å². The molecule has 31 heavy (non-hydrogen) atoms. The van der Waals surface area contributed by atoms with Gasteiger partial charge in [-0.1, -0.05) is 46.9 Å². The minimum atomic E-state index is -3.29. The predicted molar refractivity (Wildman–Crippen MR) is 107 cm³/mol. The molecule has 0 bridgehead atoms. The Morgan fingerprint density at radius 1 is 0.968 bits per heavy atom. The van der Waals surface area contributed by atoms with E-state index in [4.69, 9.17) is 5.11 Å². The van der Waals surface area contributed by atoms with Gasteiger partial charge in [0.25, 0.3) is 11.8 Å². The first-order chi connectivity index (χ1) is 14.8. The van der Waals surface area contributed by atoms with Gasteiger partial charge >= 0.3 is 5.97 Å². The van der Waals surface area contributed by atoms with E-state index < -0.39 is 35.5 Å². The van der Waals surface area contributed by atoms with Crippen LogP contribution in [0.25, 0.3) is 0 Å². The second kappa shape index (κ2) is 9.42. The molecule has 1 aromatic heterocycles. The molecule has 1 amide bonds. The zero-order valence-corrected chi connectivity index (χ0v) is 16.3. The van der Waals surface area contributed by atoms with Crippen molar-refractivity contribution >= 4 is 11.9 Å². The predicted octanol–water partition coefficient (Wildman–Crippen LogP) is 5.03. The number of hydrogen-bond acceptors (Lipinski definition) is 3. The molecule has 0 aliphatic rings. The largest absolute Gasteiger partial charge is 0.478 e. The number of amides is 1. The third-order valence-corrected chi connectivity index (χ3v) is 4.71. The molecule has 0 radical (unpaired) electrons. The molecule has 0 saturated heterocycles. The van der Waals surface area contributed by atoms with Crippen LogP contribution in [0.15, 0.2) is 72.9 Å². The molecule has 0 atom stereocenters. The summed E-state index contributed by atoms with van der Waals surface area (Å²) in [5.41, 5.74) is 0.309. The van der Waals surface area contributed by atoms with Crippen LogP contribution in [0.5, 0.6) is 0 Å². The number of halogens is 3. The van der Waals surface area contributed by atoms with E-state index in [2.05, 4.69) is 4.98 Å². The first-order valence-corrected chi connectivity index (χ1v) is 9.44. The van der Waals surface area contributed by atoms with E-state index in [1.54, 1.807) is 30.3 Å². The van der Waals surface area contributed by atoms with Crippen molar-refractivity contribution in [3.63, 3.8) is 0 Å². The van der Waals surface area contributed by atoms with Crippen LogP contribution in [0.1, 0.15) is 44.0 Å². The van der Waals surface area contributed by atoms with Crippen LogP contribution >= 0.6 is 0 Å². The van der Waals surface area contributed by atoms with Gasteiger partial charge in [0.1, 0.15) is 5.69 Å². The quantitative estimate of drug-likeness (QED) is 0.511. The van der Waals surface area contributed by atoms with Gasteiger partial charge in [-0.2, -0.15) is 5.12 Å². The summed E-state index contributed by atoms with van der Waals surface area (Å²) in [7, 11) is 0. The number of carboxylic acid groups (broad SMARTS) is 1. The number of carbonyl (C=O) groups is 2. The summed E-state index contributed by atoms with van der Waals surface area (Å²) in [5, 5.41) is 8.83. The zero-order valence-electron chi connectivity index (χ0n) is 16.3. The number of benzene rings is 2. The highest BCUT2D eigenvalue weighted by molar-refractivity contribution is 5.91. The number of aromatic nitrogens is 1. The Morgan fingerprint density at radius 3 is 2.29 bits per heavy atom. The van der Waals surface area contributed by atoms with Gasteiger partial charge in [0.15, 0.2) is 0 Å². The third kappa shape index (κ3) is 5.69. The van der Waals surface area contributed by atoms with E-state index in [-0.39, 0.29) is 23.7 Å². The van der Waals surface area contributed by atoms with Gasteiger partial charge in [-0.25, -0.2) is 13.6 Å². The molecule has 0 saturated carbocycles. The molecule has 0 aliphatic carbocycles. The van der Waals surface area contributed by atoms with E-state index in [1.807, 2.05) is 0 Å².